The van der Waals surface area contributed by atoms with Gasteiger partial charge in [0.1, 0.15) is 5.00 Å². The van der Waals surface area contributed by atoms with Gasteiger partial charge in [0.2, 0.25) is 0 Å². The molecule has 2 nitrogen and oxygen atoms in total. The highest BCUT2D eigenvalue weighted by molar-refractivity contribution is 7.13. The van der Waals surface area contributed by atoms with Crippen LogP contribution in [-0.4, -0.2) is 4.98 Å². The molecule has 0 aliphatic rings. The first-order valence-electron chi connectivity index (χ1n) is 4.58. The predicted octanol–water partition coefficient (Wildman–Crippen LogP) is 2.51. The van der Waals surface area contributed by atoms with Crippen molar-refractivity contribution < 1.29 is 0 Å². The molecule has 72 valence electrons. The molecule has 3 heteroatoms. The second kappa shape index (κ2) is 4.24. The average molecular weight is 204 g/mol. The summed E-state index contributed by atoms with van der Waals surface area (Å²) in [6.07, 6.45) is 1.94. The number of nitrogen functional groups attached to an aromatic ring is 1. The number of thiazole rings is 1. The van der Waals surface area contributed by atoms with Crippen molar-refractivity contribution in [2.75, 3.05) is 5.73 Å². The van der Waals surface area contributed by atoms with Gasteiger partial charge in [-0.3, -0.25) is 0 Å². The third-order valence-electron chi connectivity index (χ3n) is 2.17. The minimum absolute atomic E-state index is 0.848. The molecule has 0 atom stereocenters. The molecule has 0 amide bonds. The average Bonchev–Trinajstić information content (AvgIpc) is 2.63. The summed E-state index contributed by atoms with van der Waals surface area (Å²) < 4.78 is 0. The van der Waals surface area contributed by atoms with Crippen LogP contribution in [0.2, 0.25) is 0 Å². The van der Waals surface area contributed by atoms with Gasteiger partial charge in [0.05, 0.1) is 11.2 Å². The molecule has 1 heterocycles. The lowest BCUT2D eigenvalue weighted by molar-refractivity contribution is 0.928. The zero-order chi connectivity index (χ0) is 9.80. The van der Waals surface area contributed by atoms with Crippen molar-refractivity contribution in [3.05, 3.63) is 47.1 Å². The van der Waals surface area contributed by atoms with E-state index in [0.29, 0.717) is 0 Å². The van der Waals surface area contributed by atoms with Gasteiger partial charge < -0.3 is 5.73 Å². The van der Waals surface area contributed by atoms with Gasteiger partial charge in [-0.05, 0) is 18.4 Å². The van der Waals surface area contributed by atoms with Crippen molar-refractivity contribution in [1.82, 2.24) is 4.98 Å². The van der Waals surface area contributed by atoms with E-state index in [1.54, 1.807) is 5.51 Å². The van der Waals surface area contributed by atoms with Gasteiger partial charge in [0.25, 0.3) is 0 Å². The van der Waals surface area contributed by atoms with Crippen LogP contribution < -0.4 is 5.73 Å². The third-order valence-corrected chi connectivity index (χ3v) is 2.87. The maximum Gasteiger partial charge on any atom is 0.109 e. The van der Waals surface area contributed by atoms with Gasteiger partial charge in [-0.15, -0.1) is 11.3 Å². The number of hydrogen-bond donors (Lipinski definition) is 1. The Balaban J connectivity index is 1.99. The first-order chi connectivity index (χ1) is 6.86. The van der Waals surface area contributed by atoms with Crippen molar-refractivity contribution in [1.29, 1.82) is 0 Å². The fraction of sp³-hybridized carbons (Fsp3) is 0.182. The van der Waals surface area contributed by atoms with Crippen molar-refractivity contribution in [3.8, 4) is 0 Å². The van der Waals surface area contributed by atoms with Crippen molar-refractivity contribution in [3.63, 3.8) is 0 Å². The Bertz CT molecular complexity index is 395. The van der Waals surface area contributed by atoms with E-state index in [0.717, 1.165) is 23.5 Å². The van der Waals surface area contributed by atoms with Crippen LogP contribution in [0.1, 0.15) is 11.3 Å². The van der Waals surface area contributed by atoms with Crippen LogP contribution >= 0.6 is 11.3 Å². The zero-order valence-corrected chi connectivity index (χ0v) is 8.63. The summed E-state index contributed by atoms with van der Waals surface area (Å²) >= 11 is 1.51. The number of nitrogens with two attached hydrogens (primary N) is 1. The number of aryl methyl sites for hydroxylation is 2. The molecule has 0 saturated heterocycles. The fourth-order valence-corrected chi connectivity index (χ4v) is 1.96. The van der Waals surface area contributed by atoms with Crippen LogP contribution in [0.15, 0.2) is 35.8 Å². The normalized spacial score (nSPS) is 10.3. The Hall–Kier alpha value is -1.35. The minimum atomic E-state index is 0.848. The smallest absolute Gasteiger partial charge is 0.109 e. The van der Waals surface area contributed by atoms with E-state index in [1.165, 1.54) is 16.9 Å². The first kappa shape index (κ1) is 9.21. The number of benzene rings is 1. The number of aromatic nitrogens is 1. The van der Waals surface area contributed by atoms with Gasteiger partial charge in [-0.1, -0.05) is 30.3 Å². The number of hydrogen-bond acceptors (Lipinski definition) is 3. The molecular weight excluding hydrogens is 192 g/mol. The van der Waals surface area contributed by atoms with Crippen LogP contribution in [0.5, 0.6) is 0 Å². The van der Waals surface area contributed by atoms with E-state index < -0.39 is 0 Å². The van der Waals surface area contributed by atoms with Gasteiger partial charge in [-0.25, -0.2) is 4.98 Å². The molecule has 0 bridgehead atoms. The molecular formula is C11H12N2S. The molecule has 0 aliphatic heterocycles. The molecule has 14 heavy (non-hydrogen) atoms. The SMILES string of the molecule is Nc1scnc1CCc1ccccc1. The summed E-state index contributed by atoms with van der Waals surface area (Å²) in [7, 11) is 0. The maximum absolute atomic E-state index is 5.76. The van der Waals surface area contributed by atoms with Crippen LogP contribution in [-0.2, 0) is 12.8 Å². The Morgan fingerprint density at radius 1 is 1.14 bits per heavy atom. The molecule has 1 aromatic heterocycles. The first-order valence-corrected chi connectivity index (χ1v) is 5.46. The zero-order valence-electron chi connectivity index (χ0n) is 7.81. The molecule has 0 aliphatic carbocycles. The summed E-state index contributed by atoms with van der Waals surface area (Å²) in [6, 6.07) is 10.4. The largest absolute Gasteiger partial charge is 0.389 e. The van der Waals surface area contributed by atoms with Crippen molar-refractivity contribution >= 4 is 16.3 Å². The molecule has 0 saturated carbocycles. The molecule has 0 unspecified atom stereocenters. The predicted molar refractivity (Wildman–Crippen MR) is 60.4 cm³/mol. The van der Waals surface area contributed by atoms with Crippen molar-refractivity contribution in [2.45, 2.75) is 12.8 Å². The van der Waals surface area contributed by atoms with Gasteiger partial charge >= 0.3 is 0 Å². The van der Waals surface area contributed by atoms with E-state index in [1.807, 2.05) is 6.07 Å². The molecule has 0 fully saturated rings. The topological polar surface area (TPSA) is 38.9 Å². The van der Waals surface area contributed by atoms with Crippen molar-refractivity contribution in [2.24, 2.45) is 0 Å². The highest BCUT2D eigenvalue weighted by Gasteiger charge is 2.01. The Morgan fingerprint density at radius 3 is 2.57 bits per heavy atom. The lowest BCUT2D eigenvalue weighted by Gasteiger charge is -1.99. The van der Waals surface area contributed by atoms with Crippen LogP contribution in [0.4, 0.5) is 5.00 Å². The van der Waals surface area contributed by atoms with Crippen LogP contribution in [0.25, 0.3) is 0 Å². The number of anilines is 1. The molecule has 0 radical (unpaired) electrons. The Labute approximate surface area is 87.4 Å². The second-order valence-electron chi connectivity index (χ2n) is 3.15. The van der Waals surface area contributed by atoms with Gasteiger partial charge in [0, 0.05) is 0 Å². The van der Waals surface area contributed by atoms with Gasteiger partial charge in [0.15, 0.2) is 0 Å². The quantitative estimate of drug-likeness (QED) is 0.834. The maximum atomic E-state index is 5.76. The fourth-order valence-electron chi connectivity index (χ4n) is 1.37. The van der Waals surface area contributed by atoms with E-state index in [9.17, 15) is 0 Å². The van der Waals surface area contributed by atoms with Crippen LogP contribution in [0.3, 0.4) is 0 Å². The summed E-state index contributed by atoms with van der Waals surface area (Å²) in [5.74, 6) is 0. The molecule has 0 spiro atoms. The summed E-state index contributed by atoms with van der Waals surface area (Å²) in [5, 5.41) is 0.848. The molecule has 2 rings (SSSR count). The Kier molecular flexibility index (Phi) is 2.79. The minimum Gasteiger partial charge on any atom is -0.389 e. The van der Waals surface area contributed by atoms with Crippen LogP contribution in [0, 0.1) is 0 Å². The molecule has 2 aromatic rings. The number of nitrogens with zero attached hydrogens (tertiary/aromatic N) is 1. The Morgan fingerprint density at radius 2 is 1.93 bits per heavy atom. The highest BCUT2D eigenvalue weighted by atomic mass is 32.1. The lowest BCUT2D eigenvalue weighted by atomic mass is 10.1. The standard InChI is InChI=1S/C11H12N2S/c12-11-10(13-8-14-11)7-6-9-4-2-1-3-5-9/h1-5,8H,6-7,12H2. The summed E-state index contributed by atoms with van der Waals surface area (Å²) in [5.41, 5.74) is 9.92. The number of rotatable bonds is 3. The molecule has 2 N–H and O–H groups in total. The lowest BCUT2D eigenvalue weighted by Crippen LogP contribution is -1.94. The van der Waals surface area contributed by atoms with Gasteiger partial charge in [-0.2, -0.15) is 0 Å². The highest BCUT2D eigenvalue weighted by Crippen LogP contribution is 2.17. The van der Waals surface area contributed by atoms with E-state index >= 15 is 0 Å². The second-order valence-corrected chi connectivity index (χ2v) is 4.04. The van der Waals surface area contributed by atoms with E-state index in [-0.39, 0.29) is 0 Å². The summed E-state index contributed by atoms with van der Waals surface area (Å²) in [6.45, 7) is 0. The van der Waals surface area contributed by atoms with E-state index in [2.05, 4.69) is 29.2 Å². The summed E-state index contributed by atoms with van der Waals surface area (Å²) in [4.78, 5) is 4.22. The van der Waals surface area contributed by atoms with E-state index in [4.69, 9.17) is 5.73 Å². The third kappa shape index (κ3) is 2.12. The molecule has 1 aromatic carbocycles. The monoisotopic (exact) mass is 204 g/mol.